The highest BCUT2D eigenvalue weighted by atomic mass is 16.6. The molecule has 0 N–H and O–H groups in total. The molecule has 0 spiro atoms. The Morgan fingerprint density at radius 3 is 2.41 bits per heavy atom. The van der Waals surface area contributed by atoms with Gasteiger partial charge < -0.3 is 4.74 Å². The zero-order valence-corrected chi connectivity index (χ0v) is 10.4. The molecule has 0 aliphatic rings. The van der Waals surface area contributed by atoms with Crippen molar-refractivity contribution in [2.45, 2.75) is 33.3 Å². The van der Waals surface area contributed by atoms with Crippen molar-refractivity contribution in [1.29, 1.82) is 0 Å². The summed E-state index contributed by atoms with van der Waals surface area (Å²) in [6, 6.07) is 0. The number of carbonyl (C=O) groups excluding carboxylic acids is 2. The predicted molar refractivity (Wildman–Crippen MR) is 61.4 cm³/mol. The topological polar surface area (TPSA) is 69.2 Å². The standard InChI is InChI=1S/C12H16N2O3/c1-8(11(16)17-12(2,3)4)10(15)9-7-13-5-6-14-9/h5-8H,1-4H3. The molecule has 1 unspecified atom stereocenters. The van der Waals surface area contributed by atoms with Crippen molar-refractivity contribution >= 4 is 11.8 Å². The molecule has 92 valence electrons. The van der Waals surface area contributed by atoms with Crippen LogP contribution in [-0.4, -0.2) is 27.3 Å². The second-order valence-corrected chi connectivity index (χ2v) is 4.71. The Kier molecular flexibility index (Phi) is 3.93. The Labute approximate surface area is 100 Å². The molecule has 0 fully saturated rings. The van der Waals surface area contributed by atoms with Crippen LogP contribution in [-0.2, 0) is 9.53 Å². The average molecular weight is 236 g/mol. The first-order valence-corrected chi connectivity index (χ1v) is 5.34. The lowest BCUT2D eigenvalue weighted by Crippen LogP contribution is -2.31. The van der Waals surface area contributed by atoms with Crippen LogP contribution in [0.5, 0.6) is 0 Å². The molecule has 0 aliphatic carbocycles. The van der Waals surface area contributed by atoms with Gasteiger partial charge in [-0.05, 0) is 27.7 Å². The van der Waals surface area contributed by atoms with Gasteiger partial charge in [-0.2, -0.15) is 0 Å². The maximum Gasteiger partial charge on any atom is 0.317 e. The second kappa shape index (κ2) is 5.03. The Bertz CT molecular complexity index is 410. The van der Waals surface area contributed by atoms with E-state index in [9.17, 15) is 9.59 Å². The average Bonchev–Trinajstić information content (AvgIpc) is 2.26. The summed E-state index contributed by atoms with van der Waals surface area (Å²) in [5, 5.41) is 0. The first-order chi connectivity index (χ1) is 7.81. The number of Topliss-reactive ketones (excluding diaryl/α,β-unsaturated/α-hetero) is 1. The number of rotatable bonds is 3. The van der Waals surface area contributed by atoms with Crippen LogP contribution in [0, 0.1) is 5.92 Å². The van der Waals surface area contributed by atoms with Gasteiger partial charge in [0.1, 0.15) is 17.2 Å². The minimum absolute atomic E-state index is 0.172. The minimum atomic E-state index is -0.870. The monoisotopic (exact) mass is 236 g/mol. The molecule has 0 aromatic carbocycles. The largest absolute Gasteiger partial charge is 0.459 e. The van der Waals surface area contributed by atoms with Crippen LogP contribution in [0.1, 0.15) is 38.2 Å². The second-order valence-electron chi connectivity index (χ2n) is 4.71. The van der Waals surface area contributed by atoms with E-state index in [4.69, 9.17) is 4.74 Å². The summed E-state index contributed by atoms with van der Waals surface area (Å²) in [7, 11) is 0. The Morgan fingerprint density at radius 2 is 1.94 bits per heavy atom. The lowest BCUT2D eigenvalue weighted by molar-refractivity contribution is -0.157. The van der Waals surface area contributed by atoms with Crippen molar-refractivity contribution in [1.82, 2.24) is 9.97 Å². The fourth-order valence-electron chi connectivity index (χ4n) is 1.15. The molecule has 17 heavy (non-hydrogen) atoms. The van der Waals surface area contributed by atoms with Crippen LogP contribution in [0.15, 0.2) is 18.6 Å². The van der Waals surface area contributed by atoms with Gasteiger partial charge >= 0.3 is 5.97 Å². The van der Waals surface area contributed by atoms with Gasteiger partial charge in [-0.3, -0.25) is 14.6 Å². The third-order valence-electron chi connectivity index (χ3n) is 1.97. The normalized spacial score (nSPS) is 12.9. The molecule has 0 saturated heterocycles. The van der Waals surface area contributed by atoms with Crippen LogP contribution in [0.25, 0.3) is 0 Å². The van der Waals surface area contributed by atoms with Gasteiger partial charge in [-0.1, -0.05) is 0 Å². The molecule has 5 heteroatoms. The number of ketones is 1. The van der Waals surface area contributed by atoms with Gasteiger partial charge in [0.15, 0.2) is 5.78 Å². The summed E-state index contributed by atoms with van der Waals surface area (Å²) in [5.41, 5.74) is -0.431. The first kappa shape index (κ1) is 13.3. The van der Waals surface area contributed by atoms with E-state index >= 15 is 0 Å². The number of esters is 1. The third kappa shape index (κ3) is 3.94. The van der Waals surface area contributed by atoms with Gasteiger partial charge in [-0.25, -0.2) is 4.98 Å². The maximum absolute atomic E-state index is 11.9. The Morgan fingerprint density at radius 1 is 1.29 bits per heavy atom. The number of carbonyl (C=O) groups is 2. The molecule has 0 radical (unpaired) electrons. The molecule has 1 atom stereocenters. The van der Waals surface area contributed by atoms with Crippen molar-refractivity contribution in [3.05, 3.63) is 24.3 Å². The van der Waals surface area contributed by atoms with Crippen molar-refractivity contribution in [3.63, 3.8) is 0 Å². The fraction of sp³-hybridized carbons (Fsp3) is 0.500. The van der Waals surface area contributed by atoms with Crippen molar-refractivity contribution in [3.8, 4) is 0 Å². The van der Waals surface area contributed by atoms with E-state index in [1.54, 1.807) is 20.8 Å². The summed E-state index contributed by atoms with van der Waals surface area (Å²) >= 11 is 0. The highest BCUT2D eigenvalue weighted by molar-refractivity contribution is 6.07. The first-order valence-electron chi connectivity index (χ1n) is 5.34. The van der Waals surface area contributed by atoms with E-state index in [0.717, 1.165) is 0 Å². The lowest BCUT2D eigenvalue weighted by Gasteiger charge is -2.21. The van der Waals surface area contributed by atoms with E-state index in [1.165, 1.54) is 25.5 Å². The van der Waals surface area contributed by atoms with E-state index in [2.05, 4.69) is 9.97 Å². The van der Waals surface area contributed by atoms with Crippen LogP contribution in [0.2, 0.25) is 0 Å². The fourth-order valence-corrected chi connectivity index (χ4v) is 1.15. The summed E-state index contributed by atoms with van der Waals surface area (Å²) in [6.07, 6.45) is 4.22. The zero-order valence-electron chi connectivity index (χ0n) is 10.4. The summed E-state index contributed by atoms with van der Waals surface area (Å²) < 4.78 is 5.13. The molecule has 0 amide bonds. The highest BCUT2D eigenvalue weighted by Gasteiger charge is 2.28. The van der Waals surface area contributed by atoms with Gasteiger partial charge in [0.25, 0.3) is 0 Å². The molecule has 1 heterocycles. The molecule has 1 aromatic heterocycles. The Balaban J connectivity index is 2.74. The maximum atomic E-state index is 11.9. The highest BCUT2D eigenvalue weighted by Crippen LogP contribution is 2.13. The Hall–Kier alpha value is -1.78. The van der Waals surface area contributed by atoms with Crippen LogP contribution >= 0.6 is 0 Å². The summed E-state index contributed by atoms with van der Waals surface area (Å²) in [6.45, 7) is 6.77. The van der Waals surface area contributed by atoms with Gasteiger partial charge in [-0.15, -0.1) is 0 Å². The number of ether oxygens (including phenoxy) is 1. The van der Waals surface area contributed by atoms with Crippen LogP contribution in [0.4, 0.5) is 0 Å². The molecule has 0 aliphatic heterocycles. The molecule has 1 aromatic rings. The van der Waals surface area contributed by atoms with Crippen molar-refractivity contribution < 1.29 is 14.3 Å². The smallest absolute Gasteiger partial charge is 0.317 e. The SMILES string of the molecule is CC(C(=O)OC(C)(C)C)C(=O)c1cnccn1. The van der Waals surface area contributed by atoms with E-state index in [0.29, 0.717) is 0 Å². The number of nitrogens with zero attached hydrogens (tertiary/aromatic N) is 2. The number of hydrogen-bond donors (Lipinski definition) is 0. The van der Waals surface area contributed by atoms with Gasteiger partial charge in [0, 0.05) is 12.4 Å². The van der Waals surface area contributed by atoms with E-state index in [-0.39, 0.29) is 11.5 Å². The molecule has 5 nitrogen and oxygen atoms in total. The molecule has 1 rings (SSSR count). The van der Waals surface area contributed by atoms with Crippen molar-refractivity contribution in [2.75, 3.05) is 0 Å². The number of aromatic nitrogens is 2. The quantitative estimate of drug-likeness (QED) is 0.453. The summed E-state index contributed by atoms with van der Waals surface area (Å²) in [5.74, 6) is -1.80. The van der Waals surface area contributed by atoms with Crippen molar-refractivity contribution in [2.24, 2.45) is 5.92 Å². The lowest BCUT2D eigenvalue weighted by atomic mass is 10.0. The van der Waals surface area contributed by atoms with Gasteiger partial charge in [0.05, 0.1) is 6.20 Å². The van der Waals surface area contributed by atoms with E-state index < -0.39 is 17.5 Å². The molecule has 0 saturated carbocycles. The van der Waals surface area contributed by atoms with Crippen LogP contribution < -0.4 is 0 Å². The molecular weight excluding hydrogens is 220 g/mol. The zero-order chi connectivity index (χ0) is 13.1. The predicted octanol–water partition coefficient (Wildman–Crippen LogP) is 1.64. The minimum Gasteiger partial charge on any atom is -0.459 e. The molecular formula is C12H16N2O3. The third-order valence-corrected chi connectivity index (χ3v) is 1.97. The van der Waals surface area contributed by atoms with Gasteiger partial charge in [0.2, 0.25) is 0 Å². The van der Waals surface area contributed by atoms with E-state index in [1.807, 2.05) is 0 Å². The van der Waals surface area contributed by atoms with Crippen LogP contribution in [0.3, 0.4) is 0 Å². The summed E-state index contributed by atoms with van der Waals surface area (Å²) in [4.78, 5) is 31.2. The number of hydrogen-bond acceptors (Lipinski definition) is 5. The molecule has 0 bridgehead atoms.